The number of phosphoric ester groups is 1. The number of phosphoric acid groups is 1. The molecule has 4 N–H and O–H groups in total. The van der Waals surface area contributed by atoms with Crippen LogP contribution in [0.5, 0.6) is 0 Å². The monoisotopic (exact) mass is 567 g/mol. The van der Waals surface area contributed by atoms with Gasteiger partial charge in [0.2, 0.25) is 0 Å². The van der Waals surface area contributed by atoms with Gasteiger partial charge < -0.3 is 25.2 Å². The summed E-state index contributed by atoms with van der Waals surface area (Å²) in [5.41, 5.74) is 5.20. The van der Waals surface area contributed by atoms with Crippen LogP contribution >= 0.6 is 7.82 Å². The van der Waals surface area contributed by atoms with Crippen LogP contribution in [0.2, 0.25) is 0 Å². The highest BCUT2D eigenvalue weighted by Gasteiger charge is 2.27. The second-order valence-corrected chi connectivity index (χ2v) is 11.1. The van der Waals surface area contributed by atoms with Crippen molar-refractivity contribution in [3.8, 4) is 0 Å². The Morgan fingerprint density at radius 2 is 1.21 bits per heavy atom. The fraction of sp³-hybridized carbons (Fsp3) is 0.885. The second kappa shape index (κ2) is 23.4. The second-order valence-electron chi connectivity index (χ2n) is 9.62. The number of carbonyl (C=O) groups is 3. The van der Waals surface area contributed by atoms with E-state index in [9.17, 15) is 23.8 Å². The largest absolute Gasteiger partial charge is 0.480 e. The molecular formula is C26H50NO10P. The molecule has 12 heteroatoms. The average Bonchev–Trinajstić information content (AvgIpc) is 2.86. The summed E-state index contributed by atoms with van der Waals surface area (Å²) in [5, 5.41) is 8.68. The zero-order chi connectivity index (χ0) is 28.7. The first-order valence-electron chi connectivity index (χ1n) is 14.0. The van der Waals surface area contributed by atoms with Gasteiger partial charge in [0.05, 0.1) is 13.2 Å². The molecule has 0 aliphatic carbocycles. The van der Waals surface area contributed by atoms with E-state index in [0.717, 1.165) is 26.2 Å². The van der Waals surface area contributed by atoms with Crippen LogP contribution in [-0.2, 0) is 37.5 Å². The molecule has 0 aliphatic rings. The number of carbonyl (C=O) groups excluding carboxylic acids is 2. The van der Waals surface area contributed by atoms with E-state index in [-0.39, 0.29) is 13.0 Å². The lowest BCUT2D eigenvalue weighted by Crippen LogP contribution is -2.34. The van der Waals surface area contributed by atoms with Gasteiger partial charge in [-0.3, -0.25) is 23.4 Å². The molecule has 0 bridgehead atoms. The van der Waals surface area contributed by atoms with E-state index in [1.807, 2.05) is 0 Å². The third kappa shape index (κ3) is 23.6. The summed E-state index contributed by atoms with van der Waals surface area (Å²) >= 11 is 0. The molecule has 0 aromatic heterocycles. The molecule has 0 saturated heterocycles. The normalized spacial score (nSPS) is 14.4. The molecule has 0 heterocycles. The number of ether oxygens (including phenoxy) is 2. The van der Waals surface area contributed by atoms with Gasteiger partial charge in [-0.15, -0.1) is 0 Å². The summed E-state index contributed by atoms with van der Waals surface area (Å²) in [6, 6.07) is -1.51. The van der Waals surface area contributed by atoms with Gasteiger partial charge >= 0.3 is 25.7 Å². The fourth-order valence-corrected chi connectivity index (χ4v) is 4.49. The van der Waals surface area contributed by atoms with Crippen LogP contribution in [0.25, 0.3) is 0 Å². The van der Waals surface area contributed by atoms with Gasteiger partial charge in [0.1, 0.15) is 12.6 Å². The SMILES string of the molecule is CCCCCCCCCCCCCCCCCC(=O)OC[C@H](COP(=O)(O)OC[C@H](N)C(=O)O)OC(C)=O. The van der Waals surface area contributed by atoms with Crippen molar-refractivity contribution < 1.29 is 47.5 Å². The lowest BCUT2D eigenvalue weighted by Gasteiger charge is -2.19. The van der Waals surface area contributed by atoms with Crippen molar-refractivity contribution in [2.24, 2.45) is 5.73 Å². The Kier molecular flexibility index (Phi) is 22.4. The number of hydrogen-bond donors (Lipinski definition) is 3. The van der Waals surface area contributed by atoms with Gasteiger partial charge in [-0.25, -0.2) is 4.57 Å². The van der Waals surface area contributed by atoms with E-state index in [2.05, 4.69) is 11.4 Å². The highest BCUT2D eigenvalue weighted by atomic mass is 31.2. The van der Waals surface area contributed by atoms with Crippen LogP contribution in [0.3, 0.4) is 0 Å². The van der Waals surface area contributed by atoms with Crippen molar-refractivity contribution in [3.63, 3.8) is 0 Å². The number of esters is 2. The number of nitrogens with two attached hydrogens (primary N) is 1. The molecule has 3 atom stereocenters. The number of aliphatic carboxylic acids is 1. The molecule has 0 fully saturated rings. The first-order chi connectivity index (χ1) is 18.1. The molecule has 0 rings (SSSR count). The minimum atomic E-state index is -4.65. The molecule has 0 radical (unpaired) electrons. The lowest BCUT2D eigenvalue weighted by molar-refractivity contribution is -0.159. The maximum Gasteiger partial charge on any atom is 0.472 e. The Morgan fingerprint density at radius 3 is 1.66 bits per heavy atom. The van der Waals surface area contributed by atoms with Crippen molar-refractivity contribution in [2.75, 3.05) is 19.8 Å². The van der Waals surface area contributed by atoms with Crippen LogP contribution in [0.15, 0.2) is 0 Å². The maximum absolute atomic E-state index is 12.0. The van der Waals surface area contributed by atoms with Crippen molar-refractivity contribution in [1.82, 2.24) is 0 Å². The van der Waals surface area contributed by atoms with E-state index >= 15 is 0 Å². The van der Waals surface area contributed by atoms with Crippen LogP contribution in [0, 0.1) is 0 Å². The Morgan fingerprint density at radius 1 is 0.763 bits per heavy atom. The predicted molar refractivity (Wildman–Crippen MR) is 143 cm³/mol. The standard InChI is InChI=1S/C26H50NO10P/c1-3-4-5-6-7-8-9-10-11-12-13-14-15-16-17-18-25(29)34-19-23(37-22(2)28)20-35-38(32,33)36-21-24(27)26(30)31/h23-24H,3-21,27H2,1-2H3,(H,30,31)(H,32,33)/t23-,24+/m1/s1. The molecule has 0 aromatic carbocycles. The summed E-state index contributed by atoms with van der Waals surface area (Å²) in [6.07, 6.45) is 17.5. The van der Waals surface area contributed by atoms with Crippen LogP contribution < -0.4 is 5.73 Å². The fourth-order valence-electron chi connectivity index (χ4n) is 3.71. The molecule has 0 aromatic rings. The van der Waals surface area contributed by atoms with Gasteiger partial charge in [0.25, 0.3) is 0 Å². The lowest BCUT2D eigenvalue weighted by atomic mass is 10.0. The highest BCUT2D eigenvalue weighted by molar-refractivity contribution is 7.47. The van der Waals surface area contributed by atoms with Gasteiger partial charge in [-0.2, -0.15) is 0 Å². The number of unbranched alkanes of at least 4 members (excludes halogenated alkanes) is 14. The van der Waals surface area contributed by atoms with Crippen LogP contribution in [0.4, 0.5) is 0 Å². The van der Waals surface area contributed by atoms with Gasteiger partial charge in [0.15, 0.2) is 6.10 Å². The van der Waals surface area contributed by atoms with E-state index in [0.29, 0.717) is 6.42 Å². The van der Waals surface area contributed by atoms with Gasteiger partial charge in [-0.1, -0.05) is 96.8 Å². The molecule has 38 heavy (non-hydrogen) atoms. The Balaban J connectivity index is 3.90. The Bertz CT molecular complexity index is 691. The molecule has 224 valence electrons. The average molecular weight is 568 g/mol. The first kappa shape index (κ1) is 36.5. The number of carboxylic acids is 1. The van der Waals surface area contributed by atoms with Crippen molar-refractivity contribution in [3.05, 3.63) is 0 Å². The van der Waals surface area contributed by atoms with Gasteiger partial charge in [-0.05, 0) is 6.42 Å². The molecule has 0 saturated carbocycles. The summed E-state index contributed by atoms with van der Waals surface area (Å²) in [5.74, 6) is -2.57. The molecular weight excluding hydrogens is 517 g/mol. The van der Waals surface area contributed by atoms with Crippen molar-refractivity contribution in [1.29, 1.82) is 0 Å². The van der Waals surface area contributed by atoms with Crippen LogP contribution in [-0.4, -0.2) is 59.9 Å². The zero-order valence-corrected chi connectivity index (χ0v) is 24.2. The van der Waals surface area contributed by atoms with E-state index in [1.54, 1.807) is 0 Å². The Labute approximate surface area is 227 Å². The maximum atomic E-state index is 12.0. The first-order valence-corrected chi connectivity index (χ1v) is 15.5. The predicted octanol–water partition coefficient (Wildman–Crippen LogP) is 5.27. The zero-order valence-electron chi connectivity index (χ0n) is 23.3. The smallest absolute Gasteiger partial charge is 0.472 e. The molecule has 0 amide bonds. The minimum absolute atomic E-state index is 0.223. The quantitative estimate of drug-likeness (QED) is 0.0706. The molecule has 11 nitrogen and oxygen atoms in total. The number of carboxylic acid groups (broad SMARTS) is 1. The Hall–Kier alpha value is -1.52. The van der Waals surface area contributed by atoms with E-state index in [1.165, 1.54) is 70.6 Å². The van der Waals surface area contributed by atoms with Crippen molar-refractivity contribution >= 4 is 25.7 Å². The van der Waals surface area contributed by atoms with Crippen molar-refractivity contribution in [2.45, 2.75) is 129 Å². The van der Waals surface area contributed by atoms with Gasteiger partial charge in [0, 0.05) is 13.3 Å². The summed E-state index contributed by atoms with van der Waals surface area (Å²) < 4.78 is 31.1. The molecule has 0 aliphatic heterocycles. The number of hydrogen-bond acceptors (Lipinski definition) is 9. The third-order valence-electron chi connectivity index (χ3n) is 5.91. The van der Waals surface area contributed by atoms with Crippen LogP contribution in [0.1, 0.15) is 117 Å². The minimum Gasteiger partial charge on any atom is -0.480 e. The topological polar surface area (TPSA) is 172 Å². The highest BCUT2D eigenvalue weighted by Crippen LogP contribution is 2.43. The summed E-state index contributed by atoms with van der Waals surface area (Å²) in [4.78, 5) is 43.6. The molecule has 1 unspecified atom stereocenters. The third-order valence-corrected chi connectivity index (χ3v) is 6.86. The summed E-state index contributed by atoms with van der Waals surface area (Å²) in [7, 11) is -4.65. The van der Waals surface area contributed by atoms with E-state index < -0.39 is 51.1 Å². The summed E-state index contributed by atoms with van der Waals surface area (Å²) in [6.45, 7) is 1.67. The molecule has 0 spiro atoms. The van der Waals surface area contributed by atoms with E-state index in [4.69, 9.17) is 24.8 Å². The number of rotatable bonds is 26.